The predicted octanol–water partition coefficient (Wildman–Crippen LogP) is 1.01. The number of rotatable bonds is 6. The van der Waals surface area contributed by atoms with Gasteiger partial charge in [-0.25, -0.2) is 0 Å². The number of nitrogens with one attached hydrogen (secondary N) is 1. The molecule has 0 radical (unpaired) electrons. The fourth-order valence-electron chi connectivity index (χ4n) is 1.59. The molecule has 1 heterocycles. The van der Waals surface area contributed by atoms with Crippen LogP contribution in [0.15, 0.2) is 12.7 Å². The summed E-state index contributed by atoms with van der Waals surface area (Å²) in [6.07, 6.45) is 1.85. The molecule has 2 N–H and O–H groups in total. The molecule has 0 unspecified atom stereocenters. The number of aromatic nitrogens is 2. The number of hydrogen-bond acceptors (Lipinski definition) is 3. The summed E-state index contributed by atoms with van der Waals surface area (Å²) in [4.78, 5) is 2.14. The van der Waals surface area contributed by atoms with Crippen LogP contribution in [0.1, 0.15) is 17.0 Å². The molecule has 0 saturated heterocycles. The SMILES string of the molecule is C=CCN(CCO)Cc1c(C)n[nH]c1C. The maximum Gasteiger partial charge on any atom is 0.0639 e. The van der Waals surface area contributed by atoms with E-state index in [0.717, 1.165) is 24.5 Å². The lowest BCUT2D eigenvalue weighted by Crippen LogP contribution is -2.27. The lowest BCUT2D eigenvalue weighted by atomic mass is 10.2. The van der Waals surface area contributed by atoms with Gasteiger partial charge in [-0.15, -0.1) is 6.58 Å². The van der Waals surface area contributed by atoms with Crippen molar-refractivity contribution >= 4 is 0 Å². The van der Waals surface area contributed by atoms with Gasteiger partial charge in [0.1, 0.15) is 0 Å². The van der Waals surface area contributed by atoms with Crippen molar-refractivity contribution in [3.05, 3.63) is 29.6 Å². The minimum absolute atomic E-state index is 0.170. The molecule has 4 nitrogen and oxygen atoms in total. The molecule has 0 bridgehead atoms. The summed E-state index contributed by atoms with van der Waals surface area (Å²) in [6, 6.07) is 0. The van der Waals surface area contributed by atoms with Crippen LogP contribution in [-0.4, -0.2) is 39.9 Å². The van der Waals surface area contributed by atoms with Gasteiger partial charge in [0.15, 0.2) is 0 Å². The van der Waals surface area contributed by atoms with Crippen LogP contribution in [0.25, 0.3) is 0 Å². The van der Waals surface area contributed by atoms with Crippen molar-refractivity contribution in [1.82, 2.24) is 15.1 Å². The number of aliphatic hydroxyl groups excluding tert-OH is 1. The van der Waals surface area contributed by atoms with E-state index in [2.05, 4.69) is 21.7 Å². The third kappa shape index (κ3) is 3.18. The minimum atomic E-state index is 0.170. The molecule has 0 fully saturated rings. The summed E-state index contributed by atoms with van der Waals surface area (Å²) in [5.41, 5.74) is 3.34. The Hall–Kier alpha value is -1.13. The number of aliphatic hydroxyl groups is 1. The Morgan fingerprint density at radius 2 is 2.27 bits per heavy atom. The van der Waals surface area contributed by atoms with Gasteiger partial charge in [-0.3, -0.25) is 10.00 Å². The first kappa shape index (κ1) is 11.9. The maximum atomic E-state index is 8.93. The number of hydrogen-bond donors (Lipinski definition) is 2. The van der Waals surface area contributed by atoms with Crippen LogP contribution in [0.3, 0.4) is 0 Å². The fraction of sp³-hybridized carbons (Fsp3) is 0.545. The highest BCUT2D eigenvalue weighted by Crippen LogP contribution is 2.12. The largest absolute Gasteiger partial charge is 0.395 e. The first-order valence-corrected chi connectivity index (χ1v) is 5.13. The van der Waals surface area contributed by atoms with E-state index in [1.54, 1.807) is 0 Å². The molecular formula is C11H19N3O. The summed E-state index contributed by atoms with van der Waals surface area (Å²) in [5, 5.41) is 16.0. The molecule has 1 rings (SSSR count). The van der Waals surface area contributed by atoms with Crippen molar-refractivity contribution < 1.29 is 5.11 Å². The zero-order valence-corrected chi connectivity index (χ0v) is 9.45. The molecule has 0 aliphatic rings. The summed E-state index contributed by atoms with van der Waals surface area (Å²) >= 11 is 0. The Balaban J connectivity index is 2.68. The van der Waals surface area contributed by atoms with E-state index in [1.807, 2.05) is 19.9 Å². The Kier molecular flexibility index (Phi) is 4.52. The second kappa shape index (κ2) is 5.68. The Bertz CT molecular complexity index is 300. The van der Waals surface area contributed by atoms with Gasteiger partial charge in [0.05, 0.1) is 12.3 Å². The highest BCUT2D eigenvalue weighted by Gasteiger charge is 2.10. The molecule has 15 heavy (non-hydrogen) atoms. The van der Waals surface area contributed by atoms with E-state index in [1.165, 1.54) is 5.56 Å². The smallest absolute Gasteiger partial charge is 0.0639 e. The third-order valence-corrected chi connectivity index (χ3v) is 2.47. The van der Waals surface area contributed by atoms with Gasteiger partial charge in [0.25, 0.3) is 0 Å². The molecule has 1 aromatic rings. The Labute approximate surface area is 90.6 Å². The van der Waals surface area contributed by atoms with Gasteiger partial charge in [0.2, 0.25) is 0 Å². The monoisotopic (exact) mass is 209 g/mol. The number of nitrogens with zero attached hydrogens (tertiary/aromatic N) is 2. The Morgan fingerprint density at radius 1 is 1.53 bits per heavy atom. The summed E-state index contributed by atoms with van der Waals surface area (Å²) in [7, 11) is 0. The van der Waals surface area contributed by atoms with E-state index in [4.69, 9.17) is 5.11 Å². The zero-order valence-electron chi connectivity index (χ0n) is 9.45. The van der Waals surface area contributed by atoms with Crippen LogP contribution in [0.4, 0.5) is 0 Å². The minimum Gasteiger partial charge on any atom is -0.395 e. The average Bonchev–Trinajstić information content (AvgIpc) is 2.50. The molecule has 0 amide bonds. The van der Waals surface area contributed by atoms with Gasteiger partial charge >= 0.3 is 0 Å². The summed E-state index contributed by atoms with van der Waals surface area (Å²) in [6.45, 7) is 10.1. The van der Waals surface area contributed by atoms with E-state index < -0.39 is 0 Å². The number of aromatic amines is 1. The highest BCUT2D eigenvalue weighted by atomic mass is 16.3. The molecule has 0 aliphatic carbocycles. The Morgan fingerprint density at radius 3 is 2.73 bits per heavy atom. The summed E-state index contributed by atoms with van der Waals surface area (Å²) < 4.78 is 0. The third-order valence-electron chi connectivity index (χ3n) is 2.47. The summed E-state index contributed by atoms with van der Waals surface area (Å²) in [5.74, 6) is 0. The molecule has 1 aromatic heterocycles. The first-order valence-electron chi connectivity index (χ1n) is 5.13. The quantitative estimate of drug-likeness (QED) is 0.687. The molecule has 4 heteroatoms. The number of aryl methyl sites for hydroxylation is 2. The fourth-order valence-corrected chi connectivity index (χ4v) is 1.59. The van der Waals surface area contributed by atoms with Crippen molar-refractivity contribution in [2.45, 2.75) is 20.4 Å². The second-order valence-corrected chi connectivity index (χ2v) is 3.66. The van der Waals surface area contributed by atoms with Crippen LogP contribution >= 0.6 is 0 Å². The highest BCUT2D eigenvalue weighted by molar-refractivity contribution is 5.22. The topological polar surface area (TPSA) is 52.1 Å². The van der Waals surface area contributed by atoms with E-state index >= 15 is 0 Å². The van der Waals surface area contributed by atoms with Crippen LogP contribution < -0.4 is 0 Å². The standard InChI is InChI=1S/C11H19N3O/c1-4-5-14(6-7-15)8-11-9(2)12-13-10(11)3/h4,15H,1,5-8H2,2-3H3,(H,12,13). The van der Waals surface area contributed by atoms with Gasteiger partial charge in [-0.1, -0.05) is 6.08 Å². The van der Waals surface area contributed by atoms with Crippen molar-refractivity contribution in [3.8, 4) is 0 Å². The zero-order chi connectivity index (χ0) is 11.3. The predicted molar refractivity (Wildman–Crippen MR) is 60.6 cm³/mol. The molecule has 0 atom stereocenters. The molecular weight excluding hydrogens is 190 g/mol. The molecule has 84 valence electrons. The van der Waals surface area contributed by atoms with Crippen molar-refractivity contribution in [2.75, 3.05) is 19.7 Å². The molecule has 0 saturated carbocycles. The van der Waals surface area contributed by atoms with E-state index in [-0.39, 0.29) is 6.61 Å². The lowest BCUT2D eigenvalue weighted by Gasteiger charge is -2.19. The molecule has 0 aromatic carbocycles. The van der Waals surface area contributed by atoms with Crippen LogP contribution in [0.2, 0.25) is 0 Å². The van der Waals surface area contributed by atoms with E-state index in [0.29, 0.717) is 6.54 Å². The van der Waals surface area contributed by atoms with Gasteiger partial charge in [-0.05, 0) is 13.8 Å². The van der Waals surface area contributed by atoms with Crippen LogP contribution in [0.5, 0.6) is 0 Å². The van der Waals surface area contributed by atoms with Crippen molar-refractivity contribution in [2.24, 2.45) is 0 Å². The lowest BCUT2D eigenvalue weighted by molar-refractivity contribution is 0.203. The van der Waals surface area contributed by atoms with Gasteiger partial charge in [0, 0.05) is 30.9 Å². The second-order valence-electron chi connectivity index (χ2n) is 3.66. The van der Waals surface area contributed by atoms with Crippen molar-refractivity contribution in [3.63, 3.8) is 0 Å². The van der Waals surface area contributed by atoms with Gasteiger partial charge in [-0.2, -0.15) is 5.10 Å². The van der Waals surface area contributed by atoms with Crippen molar-refractivity contribution in [1.29, 1.82) is 0 Å². The normalized spacial score (nSPS) is 10.9. The van der Waals surface area contributed by atoms with Gasteiger partial charge < -0.3 is 5.11 Å². The average molecular weight is 209 g/mol. The number of H-pyrrole nitrogens is 1. The first-order chi connectivity index (χ1) is 7.19. The maximum absolute atomic E-state index is 8.93. The van der Waals surface area contributed by atoms with Crippen LogP contribution in [0, 0.1) is 13.8 Å². The van der Waals surface area contributed by atoms with Crippen LogP contribution in [-0.2, 0) is 6.54 Å². The molecule has 0 aliphatic heterocycles. The van der Waals surface area contributed by atoms with E-state index in [9.17, 15) is 0 Å². The molecule has 0 spiro atoms.